The summed E-state index contributed by atoms with van der Waals surface area (Å²) in [5.74, 6) is 1.48. The number of piperidine rings is 2. The first-order chi connectivity index (χ1) is 15.0. The summed E-state index contributed by atoms with van der Waals surface area (Å²) < 4.78 is 33.1. The zero-order chi connectivity index (χ0) is 21.8. The second kappa shape index (κ2) is 9.40. The smallest absolute Gasteiger partial charge is 0.229 e. The Balaban J connectivity index is 1.41. The fourth-order valence-electron chi connectivity index (χ4n) is 4.65. The minimum atomic E-state index is -3.31. The van der Waals surface area contributed by atoms with Gasteiger partial charge in [0.25, 0.3) is 0 Å². The SMILES string of the molecule is CCCCS(=O)(=O)N1C[C@H]2CC[C@H]1[C@H](C(=O)Nc1ccc(Oc3ccccc3)cc1)C2. The highest BCUT2D eigenvalue weighted by atomic mass is 32.2. The fourth-order valence-corrected chi connectivity index (χ4v) is 6.64. The lowest BCUT2D eigenvalue weighted by Crippen LogP contribution is -2.58. The van der Waals surface area contributed by atoms with E-state index < -0.39 is 10.0 Å². The van der Waals surface area contributed by atoms with E-state index in [1.165, 1.54) is 0 Å². The van der Waals surface area contributed by atoms with Crippen LogP contribution in [0.5, 0.6) is 11.5 Å². The molecule has 2 aromatic rings. The van der Waals surface area contributed by atoms with Crippen molar-refractivity contribution in [3.8, 4) is 11.5 Å². The van der Waals surface area contributed by atoms with Crippen molar-refractivity contribution in [3.63, 3.8) is 0 Å². The summed E-state index contributed by atoms with van der Waals surface area (Å²) in [5.41, 5.74) is 0.687. The molecule has 6 nitrogen and oxygen atoms in total. The van der Waals surface area contributed by atoms with Gasteiger partial charge in [0, 0.05) is 18.3 Å². The largest absolute Gasteiger partial charge is 0.457 e. The number of hydrogen-bond donors (Lipinski definition) is 1. The Labute approximate surface area is 184 Å². The summed E-state index contributed by atoms with van der Waals surface area (Å²) in [4.78, 5) is 13.1. The number of carbonyl (C=O) groups excluding carboxylic acids is 1. The molecule has 7 heteroatoms. The highest BCUT2D eigenvalue weighted by molar-refractivity contribution is 7.89. The zero-order valence-electron chi connectivity index (χ0n) is 17.9. The summed E-state index contributed by atoms with van der Waals surface area (Å²) >= 11 is 0. The lowest BCUT2D eigenvalue weighted by molar-refractivity contribution is -0.125. The van der Waals surface area contributed by atoms with Crippen LogP contribution >= 0.6 is 0 Å². The normalized spacial score (nSPS) is 23.5. The topological polar surface area (TPSA) is 75.7 Å². The first-order valence-corrected chi connectivity index (χ1v) is 12.7. The summed E-state index contributed by atoms with van der Waals surface area (Å²) in [6.07, 6.45) is 4.02. The van der Waals surface area contributed by atoms with Crippen molar-refractivity contribution in [1.82, 2.24) is 4.31 Å². The lowest BCUT2D eigenvalue weighted by Gasteiger charge is -2.48. The number of nitrogens with zero attached hydrogens (tertiary/aromatic N) is 1. The third-order valence-corrected chi connectivity index (χ3v) is 8.22. The van der Waals surface area contributed by atoms with Gasteiger partial charge >= 0.3 is 0 Å². The van der Waals surface area contributed by atoms with Crippen molar-refractivity contribution in [2.24, 2.45) is 11.8 Å². The molecule has 5 rings (SSSR count). The van der Waals surface area contributed by atoms with Crippen LogP contribution in [0.15, 0.2) is 54.6 Å². The van der Waals surface area contributed by atoms with Gasteiger partial charge in [-0.3, -0.25) is 4.79 Å². The van der Waals surface area contributed by atoms with Crippen LogP contribution in [0.1, 0.15) is 39.0 Å². The first-order valence-electron chi connectivity index (χ1n) is 11.1. The zero-order valence-corrected chi connectivity index (χ0v) is 18.7. The van der Waals surface area contributed by atoms with Gasteiger partial charge in [-0.25, -0.2) is 8.42 Å². The Bertz CT molecular complexity index is 992. The van der Waals surface area contributed by atoms with Crippen molar-refractivity contribution in [2.45, 2.75) is 45.1 Å². The number of sulfonamides is 1. The van der Waals surface area contributed by atoms with Crippen molar-refractivity contribution in [1.29, 1.82) is 0 Å². The maximum Gasteiger partial charge on any atom is 0.229 e. The molecule has 2 aromatic carbocycles. The quantitative estimate of drug-likeness (QED) is 0.646. The minimum absolute atomic E-state index is 0.0955. The molecule has 2 aliphatic heterocycles. The van der Waals surface area contributed by atoms with E-state index >= 15 is 0 Å². The van der Waals surface area contributed by atoms with Crippen LogP contribution in [0.3, 0.4) is 0 Å². The number of ether oxygens (including phenoxy) is 1. The summed E-state index contributed by atoms with van der Waals surface area (Å²) in [6, 6.07) is 16.5. The maximum absolute atomic E-state index is 13.1. The number of para-hydroxylation sites is 1. The van der Waals surface area contributed by atoms with Crippen molar-refractivity contribution in [3.05, 3.63) is 54.6 Å². The third kappa shape index (κ3) is 5.10. The van der Waals surface area contributed by atoms with Gasteiger partial charge in [-0.1, -0.05) is 31.5 Å². The highest BCUT2D eigenvalue weighted by Crippen LogP contribution is 2.41. The molecular weight excluding hydrogens is 412 g/mol. The molecule has 1 amide bonds. The van der Waals surface area contributed by atoms with Crippen LogP contribution < -0.4 is 10.1 Å². The Kier molecular flexibility index (Phi) is 6.62. The molecule has 3 fully saturated rings. The Hall–Kier alpha value is -2.38. The van der Waals surface area contributed by atoms with Gasteiger partial charge < -0.3 is 10.1 Å². The molecule has 0 spiro atoms. The molecule has 166 valence electrons. The van der Waals surface area contributed by atoms with Crippen LogP contribution in [0.25, 0.3) is 0 Å². The van der Waals surface area contributed by atoms with Gasteiger partial charge in [0.1, 0.15) is 11.5 Å². The predicted octanol–water partition coefficient (Wildman–Crippen LogP) is 4.65. The Morgan fingerprint density at radius 3 is 2.45 bits per heavy atom. The van der Waals surface area contributed by atoms with Crippen molar-refractivity contribution >= 4 is 21.6 Å². The van der Waals surface area contributed by atoms with Crippen LogP contribution in [0.2, 0.25) is 0 Å². The van der Waals surface area contributed by atoms with E-state index in [4.69, 9.17) is 4.74 Å². The second-order valence-electron chi connectivity index (χ2n) is 8.52. The van der Waals surface area contributed by atoms with E-state index in [0.717, 1.165) is 31.4 Å². The van der Waals surface area contributed by atoms with E-state index in [9.17, 15) is 13.2 Å². The molecular formula is C24H30N2O4S. The molecule has 0 radical (unpaired) electrons. The fraction of sp³-hybridized carbons (Fsp3) is 0.458. The van der Waals surface area contributed by atoms with E-state index in [2.05, 4.69) is 5.32 Å². The number of amides is 1. The molecule has 31 heavy (non-hydrogen) atoms. The van der Waals surface area contributed by atoms with Gasteiger partial charge in [-0.2, -0.15) is 4.31 Å². The number of benzene rings is 2. The average Bonchev–Trinajstić information content (AvgIpc) is 2.80. The maximum atomic E-state index is 13.1. The van der Waals surface area contributed by atoms with E-state index in [1.807, 2.05) is 61.5 Å². The lowest BCUT2D eigenvalue weighted by atomic mass is 9.73. The monoisotopic (exact) mass is 442 g/mol. The van der Waals surface area contributed by atoms with Crippen molar-refractivity contribution in [2.75, 3.05) is 17.6 Å². The van der Waals surface area contributed by atoms with Gasteiger partial charge in [-0.15, -0.1) is 0 Å². The molecule has 2 saturated heterocycles. The first kappa shape index (κ1) is 21.8. The number of unbranched alkanes of at least 4 members (excludes halogenated alkanes) is 1. The summed E-state index contributed by atoms with van der Waals surface area (Å²) in [6.45, 7) is 2.55. The van der Waals surface area contributed by atoms with E-state index in [1.54, 1.807) is 4.31 Å². The molecule has 1 N–H and O–H groups in total. The number of rotatable bonds is 8. The van der Waals surface area contributed by atoms with Crippen LogP contribution in [0, 0.1) is 11.8 Å². The van der Waals surface area contributed by atoms with Gasteiger partial charge in [0.05, 0.1) is 11.7 Å². The number of anilines is 1. The van der Waals surface area contributed by atoms with E-state index in [-0.39, 0.29) is 29.5 Å². The van der Waals surface area contributed by atoms with Gasteiger partial charge in [0.2, 0.25) is 15.9 Å². The van der Waals surface area contributed by atoms with Crippen LogP contribution in [-0.4, -0.2) is 37.0 Å². The molecule has 3 atom stereocenters. The molecule has 0 unspecified atom stereocenters. The molecule has 0 aromatic heterocycles. The highest BCUT2D eigenvalue weighted by Gasteiger charge is 2.47. The summed E-state index contributed by atoms with van der Waals surface area (Å²) in [5, 5.41) is 2.99. The number of nitrogens with one attached hydrogen (secondary N) is 1. The predicted molar refractivity (Wildman–Crippen MR) is 122 cm³/mol. The molecule has 1 aliphatic carbocycles. The standard InChI is InChI=1S/C24H30N2O4S/c1-2-3-15-31(28,29)26-17-18-9-14-23(26)22(16-18)24(27)25-19-10-12-21(13-11-19)30-20-7-5-4-6-8-20/h4-8,10-13,18,22-23H,2-3,9,14-17H2,1H3,(H,25,27)/t18-,22+,23-/m0/s1. The molecule has 1 saturated carbocycles. The van der Waals surface area contributed by atoms with Gasteiger partial charge in [-0.05, 0) is 68.0 Å². The summed E-state index contributed by atoms with van der Waals surface area (Å²) in [7, 11) is -3.31. The number of carbonyl (C=O) groups is 1. The third-order valence-electron chi connectivity index (χ3n) is 6.28. The second-order valence-corrected chi connectivity index (χ2v) is 10.6. The van der Waals surface area contributed by atoms with Crippen molar-refractivity contribution < 1.29 is 17.9 Å². The van der Waals surface area contributed by atoms with E-state index in [0.29, 0.717) is 24.4 Å². The van der Waals surface area contributed by atoms with Crippen LogP contribution in [0.4, 0.5) is 5.69 Å². The van der Waals surface area contributed by atoms with Crippen LogP contribution in [-0.2, 0) is 14.8 Å². The molecule has 3 aliphatic rings. The minimum Gasteiger partial charge on any atom is -0.457 e. The molecule has 2 heterocycles. The number of hydrogen-bond acceptors (Lipinski definition) is 4. The van der Waals surface area contributed by atoms with Gasteiger partial charge in [0.15, 0.2) is 0 Å². The average molecular weight is 443 g/mol. The number of fused-ring (bicyclic) bond motifs is 3. The Morgan fingerprint density at radius 1 is 1.06 bits per heavy atom. The molecule has 2 bridgehead atoms. The Morgan fingerprint density at radius 2 is 1.77 bits per heavy atom.